The Morgan fingerprint density at radius 1 is 1.19 bits per heavy atom. The van der Waals surface area contributed by atoms with Crippen LogP contribution in [0.15, 0.2) is 29.2 Å². The SMILES string of the molecule is CNC(=O)NC(=O)COC(=O)c1cccc(S(=O)(=O)N2C[C@]3(C)C[C@@H]2CC(C)(C)C3)c1. The van der Waals surface area contributed by atoms with Crippen LogP contribution in [0.25, 0.3) is 0 Å². The smallest absolute Gasteiger partial charge is 0.338 e. The molecule has 0 spiro atoms. The van der Waals surface area contributed by atoms with E-state index in [1.54, 1.807) is 4.31 Å². The van der Waals surface area contributed by atoms with E-state index in [4.69, 9.17) is 4.74 Å². The van der Waals surface area contributed by atoms with Gasteiger partial charge in [-0.15, -0.1) is 0 Å². The van der Waals surface area contributed by atoms with E-state index >= 15 is 0 Å². The molecule has 3 rings (SSSR count). The highest BCUT2D eigenvalue weighted by Crippen LogP contribution is 2.53. The molecule has 31 heavy (non-hydrogen) atoms. The molecule has 0 radical (unpaired) electrons. The maximum atomic E-state index is 13.4. The molecule has 1 aliphatic carbocycles. The Kier molecular flexibility index (Phi) is 6.16. The fourth-order valence-electron chi connectivity index (χ4n) is 5.05. The van der Waals surface area contributed by atoms with Crippen LogP contribution >= 0.6 is 0 Å². The highest BCUT2D eigenvalue weighted by Gasteiger charge is 2.53. The van der Waals surface area contributed by atoms with Crippen LogP contribution in [-0.4, -0.2) is 56.9 Å². The fraction of sp³-hybridized carbons (Fsp3) is 0.571. The Bertz CT molecular complexity index is 1010. The van der Waals surface area contributed by atoms with Crippen LogP contribution in [-0.2, 0) is 19.6 Å². The highest BCUT2D eigenvalue weighted by molar-refractivity contribution is 7.89. The summed E-state index contributed by atoms with van der Waals surface area (Å²) in [5.74, 6) is -1.64. The Morgan fingerprint density at radius 2 is 1.90 bits per heavy atom. The predicted molar refractivity (Wildman–Crippen MR) is 113 cm³/mol. The lowest BCUT2D eigenvalue weighted by molar-refractivity contribution is -0.123. The molecule has 2 bridgehead atoms. The van der Waals surface area contributed by atoms with E-state index in [-0.39, 0.29) is 27.3 Å². The van der Waals surface area contributed by atoms with E-state index in [9.17, 15) is 22.8 Å². The average Bonchev–Trinajstić information content (AvgIpc) is 2.95. The quantitative estimate of drug-likeness (QED) is 0.660. The molecule has 10 heteroatoms. The number of nitrogens with zero attached hydrogens (tertiary/aromatic N) is 1. The number of benzene rings is 1. The predicted octanol–water partition coefficient (Wildman–Crippen LogP) is 1.89. The van der Waals surface area contributed by atoms with Gasteiger partial charge in [0.15, 0.2) is 6.61 Å². The van der Waals surface area contributed by atoms with Gasteiger partial charge in [-0.2, -0.15) is 4.31 Å². The number of ether oxygens (including phenoxy) is 1. The zero-order valence-corrected chi connectivity index (χ0v) is 19.0. The van der Waals surface area contributed by atoms with Crippen molar-refractivity contribution in [3.05, 3.63) is 29.8 Å². The molecule has 170 valence electrons. The molecule has 1 saturated carbocycles. The van der Waals surface area contributed by atoms with Gasteiger partial charge in [-0.25, -0.2) is 18.0 Å². The molecule has 1 aromatic carbocycles. The molecule has 2 fully saturated rings. The number of urea groups is 1. The summed E-state index contributed by atoms with van der Waals surface area (Å²) < 4.78 is 33.3. The van der Waals surface area contributed by atoms with Crippen molar-refractivity contribution in [3.8, 4) is 0 Å². The third-order valence-electron chi connectivity index (χ3n) is 5.86. The van der Waals surface area contributed by atoms with Crippen molar-refractivity contribution in [1.29, 1.82) is 0 Å². The van der Waals surface area contributed by atoms with Crippen LogP contribution in [0.4, 0.5) is 4.79 Å². The van der Waals surface area contributed by atoms with Gasteiger partial charge < -0.3 is 10.1 Å². The van der Waals surface area contributed by atoms with Crippen LogP contribution in [0.5, 0.6) is 0 Å². The van der Waals surface area contributed by atoms with E-state index < -0.39 is 34.5 Å². The summed E-state index contributed by atoms with van der Waals surface area (Å²) in [6, 6.07) is 4.83. The maximum absolute atomic E-state index is 13.4. The van der Waals surface area contributed by atoms with Crippen molar-refractivity contribution in [1.82, 2.24) is 14.9 Å². The minimum atomic E-state index is -3.79. The molecule has 3 amide bonds. The normalized spacial score (nSPS) is 25.0. The zero-order valence-electron chi connectivity index (χ0n) is 18.2. The van der Waals surface area contributed by atoms with Gasteiger partial charge in [-0.1, -0.05) is 26.8 Å². The summed E-state index contributed by atoms with van der Waals surface area (Å²) in [4.78, 5) is 35.0. The van der Waals surface area contributed by atoms with Crippen molar-refractivity contribution in [2.24, 2.45) is 10.8 Å². The summed E-state index contributed by atoms with van der Waals surface area (Å²) in [5, 5.41) is 4.18. The number of hydrogen-bond donors (Lipinski definition) is 2. The van der Waals surface area contributed by atoms with Crippen LogP contribution < -0.4 is 10.6 Å². The van der Waals surface area contributed by atoms with Gasteiger partial charge in [0.05, 0.1) is 10.5 Å². The molecule has 2 atom stereocenters. The minimum Gasteiger partial charge on any atom is -0.452 e. The van der Waals surface area contributed by atoms with Crippen molar-refractivity contribution in [2.45, 2.75) is 51.0 Å². The molecule has 9 nitrogen and oxygen atoms in total. The van der Waals surface area contributed by atoms with Gasteiger partial charge >= 0.3 is 12.0 Å². The summed E-state index contributed by atoms with van der Waals surface area (Å²) in [7, 11) is -2.45. The van der Waals surface area contributed by atoms with E-state index in [2.05, 4.69) is 26.1 Å². The first kappa shape index (κ1) is 23.2. The van der Waals surface area contributed by atoms with Gasteiger partial charge in [0.2, 0.25) is 10.0 Å². The molecule has 1 saturated heterocycles. The molecule has 2 aliphatic rings. The third-order valence-corrected chi connectivity index (χ3v) is 7.75. The Morgan fingerprint density at radius 3 is 2.58 bits per heavy atom. The number of carbonyl (C=O) groups excluding carboxylic acids is 3. The standard InChI is InChI=1S/C21H29N3O6S/c1-20(2)9-15-10-21(3,12-20)13-24(15)31(28,29)16-7-5-6-14(8-16)18(26)30-11-17(25)23-19(27)22-4/h5-8,15H,9-13H2,1-4H3,(H2,22,23,25,27)/t15-,21+/m0/s1. The molecule has 1 heterocycles. The molecule has 0 aromatic heterocycles. The van der Waals surface area contributed by atoms with Crippen molar-refractivity contribution < 1.29 is 27.5 Å². The number of nitrogens with one attached hydrogen (secondary N) is 2. The van der Waals surface area contributed by atoms with E-state index in [0.29, 0.717) is 6.54 Å². The topological polar surface area (TPSA) is 122 Å². The van der Waals surface area contributed by atoms with Gasteiger partial charge in [0.25, 0.3) is 5.91 Å². The van der Waals surface area contributed by atoms with Gasteiger partial charge in [0.1, 0.15) is 0 Å². The minimum absolute atomic E-state index is 0.0162. The Balaban J connectivity index is 1.74. The fourth-order valence-corrected chi connectivity index (χ4v) is 6.87. The highest BCUT2D eigenvalue weighted by atomic mass is 32.2. The number of carbonyl (C=O) groups is 3. The summed E-state index contributed by atoms with van der Waals surface area (Å²) in [6.45, 7) is 6.27. The van der Waals surface area contributed by atoms with Crippen LogP contribution in [0.3, 0.4) is 0 Å². The first-order chi connectivity index (χ1) is 14.3. The van der Waals surface area contributed by atoms with E-state index in [0.717, 1.165) is 19.3 Å². The molecular weight excluding hydrogens is 422 g/mol. The Hall–Kier alpha value is -2.46. The molecule has 0 unspecified atom stereocenters. The van der Waals surface area contributed by atoms with Gasteiger partial charge in [-0.05, 0) is 48.3 Å². The summed E-state index contributed by atoms with van der Waals surface area (Å²) in [5.41, 5.74) is 0.0272. The second-order valence-electron chi connectivity index (χ2n) is 9.50. The molecule has 1 aliphatic heterocycles. The number of fused-ring (bicyclic) bond motifs is 2. The number of amides is 3. The van der Waals surface area contributed by atoms with Crippen LogP contribution in [0.1, 0.15) is 50.4 Å². The number of rotatable bonds is 5. The van der Waals surface area contributed by atoms with Gasteiger partial charge in [-0.3, -0.25) is 10.1 Å². The monoisotopic (exact) mass is 451 g/mol. The number of esters is 1. The third kappa shape index (κ3) is 5.07. The molecule has 2 N–H and O–H groups in total. The molecule has 1 aromatic rings. The second kappa shape index (κ2) is 8.23. The maximum Gasteiger partial charge on any atom is 0.338 e. The van der Waals surface area contributed by atoms with Crippen LogP contribution in [0.2, 0.25) is 0 Å². The molecular formula is C21H29N3O6S. The van der Waals surface area contributed by atoms with Crippen molar-refractivity contribution in [2.75, 3.05) is 20.2 Å². The van der Waals surface area contributed by atoms with Crippen molar-refractivity contribution in [3.63, 3.8) is 0 Å². The van der Waals surface area contributed by atoms with E-state index in [1.807, 2.05) is 5.32 Å². The lowest BCUT2D eigenvalue weighted by Gasteiger charge is -2.39. The number of hydrogen-bond acceptors (Lipinski definition) is 6. The van der Waals surface area contributed by atoms with Gasteiger partial charge in [0, 0.05) is 19.6 Å². The first-order valence-corrected chi connectivity index (χ1v) is 11.6. The largest absolute Gasteiger partial charge is 0.452 e. The summed E-state index contributed by atoms with van der Waals surface area (Å²) in [6.07, 6.45) is 2.59. The zero-order chi connectivity index (χ0) is 23.0. The number of sulfonamides is 1. The first-order valence-electron chi connectivity index (χ1n) is 10.2. The van der Waals surface area contributed by atoms with Crippen molar-refractivity contribution >= 4 is 27.9 Å². The van der Waals surface area contributed by atoms with E-state index in [1.165, 1.54) is 31.3 Å². The Labute approximate surface area is 182 Å². The van der Waals surface area contributed by atoms with Crippen LogP contribution in [0, 0.1) is 10.8 Å². The summed E-state index contributed by atoms with van der Waals surface area (Å²) >= 11 is 0. The lowest BCUT2D eigenvalue weighted by Crippen LogP contribution is -2.39. The second-order valence-corrected chi connectivity index (χ2v) is 11.4. The average molecular weight is 452 g/mol. The lowest BCUT2D eigenvalue weighted by atomic mass is 9.65. The number of imide groups is 1.